The minimum Gasteiger partial charge on any atom is -0.481 e. The van der Waals surface area contributed by atoms with Gasteiger partial charge in [-0.3, -0.25) is 4.79 Å². The van der Waals surface area contributed by atoms with Crippen LogP contribution in [0.25, 0.3) is 0 Å². The van der Waals surface area contributed by atoms with Crippen molar-refractivity contribution in [3.05, 3.63) is 11.8 Å². The van der Waals surface area contributed by atoms with Gasteiger partial charge in [0.05, 0.1) is 7.11 Å². The first-order valence-electron chi connectivity index (χ1n) is 4.49. The largest absolute Gasteiger partial charge is 0.481 e. The third-order valence-corrected chi connectivity index (χ3v) is 1.96. The first-order valence-corrected chi connectivity index (χ1v) is 4.49. The summed E-state index contributed by atoms with van der Waals surface area (Å²) in [4.78, 5) is 11.8. The normalized spacial score (nSPS) is 11.5. The molecule has 78 valence electrons. The van der Waals surface area contributed by atoms with Gasteiger partial charge in [0, 0.05) is 18.5 Å². The Bertz CT molecular complexity index is 347. The van der Waals surface area contributed by atoms with Gasteiger partial charge in [0.1, 0.15) is 5.69 Å². The summed E-state index contributed by atoms with van der Waals surface area (Å²) in [5.74, 6) is 0.619. The predicted octanol–water partition coefficient (Wildman–Crippen LogP) is 1.66. The molecule has 0 radical (unpaired) electrons. The summed E-state index contributed by atoms with van der Waals surface area (Å²) in [6.45, 7) is 5.61. The van der Waals surface area contributed by atoms with Crippen molar-refractivity contribution in [1.82, 2.24) is 9.78 Å². The van der Waals surface area contributed by atoms with Crippen LogP contribution in [0.1, 0.15) is 31.3 Å². The monoisotopic (exact) mass is 196 g/mol. The zero-order valence-electron chi connectivity index (χ0n) is 9.29. The number of nitrogens with zero attached hydrogens (tertiary/aromatic N) is 2. The van der Waals surface area contributed by atoms with Gasteiger partial charge in [-0.2, -0.15) is 5.10 Å². The van der Waals surface area contributed by atoms with Crippen molar-refractivity contribution >= 4 is 5.78 Å². The number of rotatable bonds is 2. The molecule has 0 aromatic carbocycles. The maximum Gasteiger partial charge on any atom is 0.211 e. The Labute approximate surface area is 83.9 Å². The van der Waals surface area contributed by atoms with E-state index in [4.69, 9.17) is 4.74 Å². The van der Waals surface area contributed by atoms with Crippen molar-refractivity contribution in [2.45, 2.75) is 20.8 Å². The molecule has 0 saturated carbocycles. The standard InChI is InChI=1S/C10H16N2O2/c1-10(2,3)9(13)7-6-8(14-5)12(4)11-7/h6H,1-5H3. The van der Waals surface area contributed by atoms with Gasteiger partial charge in [-0.05, 0) is 0 Å². The summed E-state index contributed by atoms with van der Waals surface area (Å²) >= 11 is 0. The average Bonchev–Trinajstić information content (AvgIpc) is 2.43. The zero-order chi connectivity index (χ0) is 10.9. The lowest BCUT2D eigenvalue weighted by molar-refractivity contribution is 0.0852. The second kappa shape index (κ2) is 3.44. The highest BCUT2D eigenvalue weighted by molar-refractivity contribution is 5.98. The second-order valence-corrected chi connectivity index (χ2v) is 4.27. The van der Waals surface area contributed by atoms with Crippen LogP contribution in [-0.2, 0) is 7.05 Å². The molecule has 0 unspecified atom stereocenters. The van der Waals surface area contributed by atoms with Crippen LogP contribution in [0.15, 0.2) is 6.07 Å². The summed E-state index contributed by atoms with van der Waals surface area (Å²) in [5.41, 5.74) is 0.0520. The van der Waals surface area contributed by atoms with E-state index in [1.54, 1.807) is 24.9 Å². The molecule has 14 heavy (non-hydrogen) atoms. The molecule has 0 bridgehead atoms. The van der Waals surface area contributed by atoms with Crippen LogP contribution in [0.2, 0.25) is 0 Å². The van der Waals surface area contributed by atoms with E-state index in [1.807, 2.05) is 20.8 Å². The molecule has 0 saturated heterocycles. The molecule has 0 N–H and O–H groups in total. The maximum absolute atomic E-state index is 11.8. The molecular weight excluding hydrogens is 180 g/mol. The molecule has 0 aliphatic heterocycles. The SMILES string of the molecule is COc1cc(C(=O)C(C)(C)C)nn1C. The van der Waals surface area contributed by atoms with Crippen molar-refractivity contribution in [3.8, 4) is 5.88 Å². The average molecular weight is 196 g/mol. The fourth-order valence-electron chi connectivity index (χ4n) is 1.14. The van der Waals surface area contributed by atoms with E-state index in [0.717, 1.165) is 0 Å². The Hall–Kier alpha value is -1.32. The molecule has 4 heteroatoms. The van der Waals surface area contributed by atoms with E-state index in [-0.39, 0.29) is 5.78 Å². The molecular formula is C10H16N2O2. The summed E-state index contributed by atoms with van der Waals surface area (Å²) in [7, 11) is 3.31. The molecule has 0 atom stereocenters. The van der Waals surface area contributed by atoms with E-state index in [0.29, 0.717) is 11.6 Å². The van der Waals surface area contributed by atoms with Gasteiger partial charge in [-0.15, -0.1) is 0 Å². The van der Waals surface area contributed by atoms with E-state index in [9.17, 15) is 4.79 Å². The molecule has 1 heterocycles. The van der Waals surface area contributed by atoms with Crippen LogP contribution in [-0.4, -0.2) is 22.7 Å². The van der Waals surface area contributed by atoms with Gasteiger partial charge < -0.3 is 4.74 Å². The molecule has 1 rings (SSSR count). The molecule has 4 nitrogen and oxygen atoms in total. The van der Waals surface area contributed by atoms with Crippen LogP contribution in [0.5, 0.6) is 5.88 Å². The highest BCUT2D eigenvalue weighted by atomic mass is 16.5. The lowest BCUT2D eigenvalue weighted by atomic mass is 9.89. The fourth-order valence-corrected chi connectivity index (χ4v) is 1.14. The smallest absolute Gasteiger partial charge is 0.211 e. The highest BCUT2D eigenvalue weighted by Crippen LogP contribution is 2.22. The Morgan fingerprint density at radius 1 is 1.50 bits per heavy atom. The first-order chi connectivity index (χ1) is 6.36. The first kappa shape index (κ1) is 10.8. The Morgan fingerprint density at radius 3 is 2.43 bits per heavy atom. The number of methoxy groups -OCH3 is 1. The molecule has 1 aromatic rings. The Kier molecular flexibility index (Phi) is 2.64. The number of aryl methyl sites for hydroxylation is 1. The molecule has 0 spiro atoms. The number of aromatic nitrogens is 2. The van der Waals surface area contributed by atoms with E-state index >= 15 is 0 Å². The van der Waals surface area contributed by atoms with Crippen molar-refractivity contribution in [1.29, 1.82) is 0 Å². The summed E-state index contributed by atoms with van der Waals surface area (Å²) in [6.07, 6.45) is 0. The minimum absolute atomic E-state index is 0.0244. The van der Waals surface area contributed by atoms with Gasteiger partial charge in [0.2, 0.25) is 5.88 Å². The number of ether oxygens (including phenoxy) is 1. The molecule has 0 fully saturated rings. The zero-order valence-corrected chi connectivity index (χ0v) is 9.29. The van der Waals surface area contributed by atoms with Crippen molar-refractivity contribution < 1.29 is 9.53 Å². The number of hydrogen-bond donors (Lipinski definition) is 0. The van der Waals surface area contributed by atoms with Gasteiger partial charge in [0.25, 0.3) is 0 Å². The molecule has 0 aliphatic rings. The number of Topliss-reactive ketones (excluding diaryl/α,β-unsaturated/α-hetero) is 1. The molecule has 0 aliphatic carbocycles. The number of ketones is 1. The van der Waals surface area contributed by atoms with Crippen LogP contribution < -0.4 is 4.74 Å². The quantitative estimate of drug-likeness (QED) is 0.676. The van der Waals surface area contributed by atoms with Gasteiger partial charge in [-0.25, -0.2) is 4.68 Å². The lowest BCUT2D eigenvalue weighted by Crippen LogP contribution is -2.20. The third kappa shape index (κ3) is 1.95. The maximum atomic E-state index is 11.8. The van der Waals surface area contributed by atoms with E-state index in [2.05, 4.69) is 5.10 Å². The van der Waals surface area contributed by atoms with Crippen molar-refractivity contribution in [2.24, 2.45) is 12.5 Å². The van der Waals surface area contributed by atoms with Crippen LogP contribution >= 0.6 is 0 Å². The number of carbonyl (C=O) groups is 1. The minimum atomic E-state index is -0.403. The molecule has 0 amide bonds. The van der Waals surface area contributed by atoms with Gasteiger partial charge in [-0.1, -0.05) is 20.8 Å². The number of hydrogen-bond acceptors (Lipinski definition) is 3. The van der Waals surface area contributed by atoms with Crippen molar-refractivity contribution in [3.63, 3.8) is 0 Å². The van der Waals surface area contributed by atoms with Gasteiger partial charge >= 0.3 is 0 Å². The Balaban J connectivity index is 3.03. The van der Waals surface area contributed by atoms with Crippen LogP contribution in [0.3, 0.4) is 0 Å². The summed E-state index contributed by atoms with van der Waals surface area (Å²) in [6, 6.07) is 1.66. The van der Waals surface area contributed by atoms with E-state index < -0.39 is 5.41 Å². The second-order valence-electron chi connectivity index (χ2n) is 4.27. The summed E-state index contributed by atoms with van der Waals surface area (Å²) in [5, 5.41) is 4.09. The van der Waals surface area contributed by atoms with Crippen LogP contribution in [0.4, 0.5) is 0 Å². The summed E-state index contributed by atoms with van der Waals surface area (Å²) < 4.78 is 6.59. The molecule has 1 aromatic heterocycles. The number of carbonyl (C=O) groups excluding carboxylic acids is 1. The van der Waals surface area contributed by atoms with E-state index in [1.165, 1.54) is 0 Å². The van der Waals surface area contributed by atoms with Crippen LogP contribution in [0, 0.1) is 5.41 Å². The topological polar surface area (TPSA) is 44.1 Å². The van der Waals surface area contributed by atoms with Crippen molar-refractivity contribution in [2.75, 3.05) is 7.11 Å². The van der Waals surface area contributed by atoms with Gasteiger partial charge in [0.15, 0.2) is 5.78 Å². The predicted molar refractivity (Wildman–Crippen MR) is 53.5 cm³/mol. The Morgan fingerprint density at radius 2 is 2.07 bits per heavy atom. The third-order valence-electron chi connectivity index (χ3n) is 1.96. The fraction of sp³-hybridized carbons (Fsp3) is 0.600. The highest BCUT2D eigenvalue weighted by Gasteiger charge is 2.25. The lowest BCUT2D eigenvalue weighted by Gasteiger charge is -2.13.